The summed E-state index contributed by atoms with van der Waals surface area (Å²) in [5.74, 6) is -1.12. The number of carboxylic acid groups (broad SMARTS) is 1. The van der Waals surface area contributed by atoms with E-state index < -0.39 is 5.97 Å². The normalized spacial score (nSPS) is 18.0. The number of hydrogen-bond donors (Lipinski definition) is 0. The summed E-state index contributed by atoms with van der Waals surface area (Å²) in [6, 6.07) is 5.20. The van der Waals surface area contributed by atoms with E-state index in [1.54, 1.807) is 12.1 Å². The molecule has 0 spiro atoms. The van der Waals surface area contributed by atoms with Gasteiger partial charge in [-0.05, 0) is 55.4 Å². The Labute approximate surface area is 136 Å². The van der Waals surface area contributed by atoms with E-state index in [0.29, 0.717) is 0 Å². The van der Waals surface area contributed by atoms with Crippen molar-refractivity contribution in [1.82, 2.24) is 4.98 Å². The maximum absolute atomic E-state index is 11.3. The van der Waals surface area contributed by atoms with Crippen LogP contribution in [0.3, 0.4) is 0 Å². The van der Waals surface area contributed by atoms with Gasteiger partial charge in [0.15, 0.2) is 0 Å². The van der Waals surface area contributed by atoms with E-state index in [1.807, 2.05) is 6.07 Å². The molecule has 0 bridgehead atoms. The molecule has 0 saturated carbocycles. The van der Waals surface area contributed by atoms with Gasteiger partial charge >= 0.3 is 0 Å². The number of fused-ring (bicyclic) bond motifs is 2. The molecule has 1 aliphatic heterocycles. The molecular weight excluding hydrogens is 288 g/mol. The molecule has 2 aromatic rings. The zero-order valence-electron chi connectivity index (χ0n) is 13.3. The number of anilines is 1. The van der Waals surface area contributed by atoms with Gasteiger partial charge in [0.1, 0.15) is 0 Å². The van der Waals surface area contributed by atoms with Gasteiger partial charge in [-0.2, -0.15) is 0 Å². The number of aryl methyl sites for hydroxylation is 1. The third-order valence-electron chi connectivity index (χ3n) is 5.14. The topological polar surface area (TPSA) is 56.3 Å². The van der Waals surface area contributed by atoms with Crippen LogP contribution in [0.4, 0.5) is 5.69 Å². The van der Waals surface area contributed by atoms with Gasteiger partial charge in [0.2, 0.25) is 0 Å². The first-order valence-corrected chi connectivity index (χ1v) is 8.66. The molecule has 0 unspecified atom stereocenters. The molecule has 1 aliphatic carbocycles. The molecule has 4 nitrogen and oxygen atoms in total. The number of rotatable bonds is 2. The lowest BCUT2D eigenvalue weighted by atomic mass is 10.0. The van der Waals surface area contributed by atoms with Gasteiger partial charge < -0.3 is 14.8 Å². The SMILES string of the molecule is O=C([O-])c1ccc2nc3c(c(N4CCCCCC4)c2c1)CCC3. The maximum atomic E-state index is 11.3. The molecule has 0 atom stereocenters. The third-order valence-corrected chi connectivity index (χ3v) is 5.14. The van der Waals surface area contributed by atoms with Crippen LogP contribution in [0.5, 0.6) is 0 Å². The first-order chi connectivity index (χ1) is 11.2. The number of pyridine rings is 1. The molecular formula is C19H21N2O2-. The molecule has 2 heterocycles. The Balaban J connectivity index is 1.94. The molecule has 23 heavy (non-hydrogen) atoms. The third kappa shape index (κ3) is 2.56. The second-order valence-electron chi connectivity index (χ2n) is 6.66. The number of aromatic nitrogens is 1. The molecule has 0 amide bonds. The average Bonchev–Trinajstić information content (AvgIpc) is 2.85. The Kier molecular flexibility index (Phi) is 3.68. The number of benzene rings is 1. The molecule has 0 N–H and O–H groups in total. The van der Waals surface area contributed by atoms with Crippen LogP contribution in [0, 0.1) is 0 Å². The number of hydrogen-bond acceptors (Lipinski definition) is 4. The van der Waals surface area contributed by atoms with Crippen molar-refractivity contribution in [2.75, 3.05) is 18.0 Å². The summed E-state index contributed by atoms with van der Waals surface area (Å²) in [6.45, 7) is 2.11. The molecule has 4 rings (SSSR count). The number of carbonyl (C=O) groups is 1. The van der Waals surface area contributed by atoms with Crippen LogP contribution in [0.25, 0.3) is 10.9 Å². The van der Waals surface area contributed by atoms with Crippen molar-refractivity contribution in [3.05, 3.63) is 35.0 Å². The highest BCUT2D eigenvalue weighted by Crippen LogP contribution is 2.37. The Morgan fingerprint density at radius 1 is 1.04 bits per heavy atom. The van der Waals surface area contributed by atoms with E-state index in [1.165, 1.54) is 42.6 Å². The lowest BCUT2D eigenvalue weighted by molar-refractivity contribution is -0.255. The van der Waals surface area contributed by atoms with Crippen LogP contribution in [0.2, 0.25) is 0 Å². The fourth-order valence-corrected chi connectivity index (χ4v) is 4.02. The lowest BCUT2D eigenvalue weighted by Gasteiger charge is -2.27. The standard InChI is InChI=1S/C19H22N2O2/c22-19(23)13-8-9-17-15(12-13)18(14-6-5-7-16(14)20-17)21-10-3-1-2-4-11-21/h8-9,12H,1-7,10-11H2,(H,22,23)/p-1. The van der Waals surface area contributed by atoms with E-state index in [-0.39, 0.29) is 5.56 Å². The largest absolute Gasteiger partial charge is 0.545 e. The van der Waals surface area contributed by atoms with Crippen molar-refractivity contribution in [1.29, 1.82) is 0 Å². The van der Waals surface area contributed by atoms with Gasteiger partial charge in [0.05, 0.1) is 17.2 Å². The molecule has 4 heteroatoms. The lowest BCUT2D eigenvalue weighted by Crippen LogP contribution is -2.26. The van der Waals surface area contributed by atoms with Crippen LogP contribution in [-0.4, -0.2) is 24.0 Å². The Bertz CT molecular complexity index is 762. The van der Waals surface area contributed by atoms with Gasteiger partial charge in [0, 0.05) is 24.2 Å². The highest BCUT2D eigenvalue weighted by Gasteiger charge is 2.24. The Hall–Kier alpha value is -2.10. The van der Waals surface area contributed by atoms with Crippen molar-refractivity contribution < 1.29 is 9.90 Å². The minimum Gasteiger partial charge on any atom is -0.545 e. The first kappa shape index (κ1) is 14.5. The zero-order chi connectivity index (χ0) is 15.8. The van der Waals surface area contributed by atoms with Crippen LogP contribution < -0.4 is 10.0 Å². The second kappa shape index (κ2) is 5.84. The van der Waals surface area contributed by atoms with E-state index in [0.717, 1.165) is 43.3 Å². The van der Waals surface area contributed by atoms with E-state index in [4.69, 9.17) is 4.98 Å². The highest BCUT2D eigenvalue weighted by molar-refractivity contribution is 5.99. The van der Waals surface area contributed by atoms with Crippen molar-refractivity contribution in [3.63, 3.8) is 0 Å². The number of aromatic carboxylic acids is 1. The van der Waals surface area contributed by atoms with E-state index in [2.05, 4.69) is 4.90 Å². The van der Waals surface area contributed by atoms with Crippen molar-refractivity contribution >= 4 is 22.6 Å². The Morgan fingerprint density at radius 2 is 1.83 bits per heavy atom. The molecule has 1 aromatic carbocycles. The molecule has 1 saturated heterocycles. The molecule has 1 aromatic heterocycles. The fraction of sp³-hybridized carbons (Fsp3) is 0.474. The maximum Gasteiger partial charge on any atom is 0.0726 e. The summed E-state index contributed by atoms with van der Waals surface area (Å²) in [4.78, 5) is 18.5. The van der Waals surface area contributed by atoms with Crippen LogP contribution in [0.15, 0.2) is 18.2 Å². The van der Waals surface area contributed by atoms with Crippen molar-refractivity contribution in [2.45, 2.75) is 44.9 Å². The molecule has 1 fully saturated rings. The van der Waals surface area contributed by atoms with Crippen LogP contribution in [-0.2, 0) is 12.8 Å². The smallest absolute Gasteiger partial charge is 0.0726 e. The summed E-state index contributed by atoms with van der Waals surface area (Å²) in [7, 11) is 0. The quantitative estimate of drug-likeness (QED) is 0.855. The number of carboxylic acids is 1. The summed E-state index contributed by atoms with van der Waals surface area (Å²) in [5.41, 5.74) is 4.95. The summed E-state index contributed by atoms with van der Waals surface area (Å²) >= 11 is 0. The average molecular weight is 309 g/mol. The number of nitrogens with zero attached hydrogens (tertiary/aromatic N) is 2. The van der Waals surface area contributed by atoms with Crippen LogP contribution >= 0.6 is 0 Å². The van der Waals surface area contributed by atoms with Gasteiger partial charge in [-0.15, -0.1) is 0 Å². The second-order valence-corrected chi connectivity index (χ2v) is 6.66. The number of carbonyl (C=O) groups excluding carboxylic acids is 1. The van der Waals surface area contributed by atoms with E-state index in [9.17, 15) is 9.90 Å². The van der Waals surface area contributed by atoms with Crippen LogP contribution in [0.1, 0.15) is 53.7 Å². The van der Waals surface area contributed by atoms with Gasteiger partial charge in [-0.25, -0.2) is 0 Å². The van der Waals surface area contributed by atoms with Gasteiger partial charge in [-0.1, -0.05) is 18.9 Å². The van der Waals surface area contributed by atoms with Crippen molar-refractivity contribution in [3.8, 4) is 0 Å². The minimum atomic E-state index is -1.12. The summed E-state index contributed by atoms with van der Waals surface area (Å²) in [5, 5.41) is 12.3. The highest BCUT2D eigenvalue weighted by atomic mass is 16.4. The molecule has 2 aliphatic rings. The first-order valence-electron chi connectivity index (χ1n) is 8.66. The fourth-order valence-electron chi connectivity index (χ4n) is 4.02. The molecule has 0 radical (unpaired) electrons. The zero-order valence-corrected chi connectivity index (χ0v) is 13.3. The monoisotopic (exact) mass is 309 g/mol. The predicted octanol–water partition coefficient (Wildman–Crippen LogP) is 2.47. The predicted molar refractivity (Wildman–Crippen MR) is 88.8 cm³/mol. The minimum absolute atomic E-state index is 0.244. The van der Waals surface area contributed by atoms with Gasteiger partial charge in [0.25, 0.3) is 0 Å². The summed E-state index contributed by atoms with van der Waals surface area (Å²) in [6.07, 6.45) is 8.22. The van der Waals surface area contributed by atoms with Crippen molar-refractivity contribution in [2.24, 2.45) is 0 Å². The Morgan fingerprint density at radius 3 is 2.57 bits per heavy atom. The van der Waals surface area contributed by atoms with Gasteiger partial charge in [-0.3, -0.25) is 4.98 Å². The summed E-state index contributed by atoms with van der Waals surface area (Å²) < 4.78 is 0. The van der Waals surface area contributed by atoms with E-state index >= 15 is 0 Å². The molecule has 120 valence electrons.